The number of nitrogens with zero attached hydrogens (tertiary/aromatic N) is 5. The van der Waals surface area contributed by atoms with Gasteiger partial charge in [-0.3, -0.25) is 0 Å². The molecule has 0 atom stereocenters. The maximum Gasteiger partial charge on any atom is 0.208 e. The van der Waals surface area contributed by atoms with E-state index in [1.54, 1.807) is 0 Å². The molecule has 90 valence electrons. The van der Waals surface area contributed by atoms with Crippen molar-refractivity contribution in [2.24, 2.45) is 0 Å². The van der Waals surface area contributed by atoms with Crippen LogP contribution in [0.4, 0.5) is 10.9 Å². The van der Waals surface area contributed by atoms with Crippen molar-refractivity contribution in [3.8, 4) is 0 Å². The van der Waals surface area contributed by atoms with E-state index in [1.165, 1.54) is 29.4 Å². The molecule has 0 aliphatic carbocycles. The maximum atomic E-state index is 5.99. The summed E-state index contributed by atoms with van der Waals surface area (Å²) in [6, 6.07) is 0. The molecule has 0 unspecified atom stereocenters. The van der Waals surface area contributed by atoms with Crippen LogP contribution in [0.1, 0.15) is 0 Å². The average molecular weight is 289 g/mol. The Bertz CT molecular complexity index is 528. The number of hydrogen-bond donors (Lipinski definition) is 1. The van der Waals surface area contributed by atoms with Gasteiger partial charge in [0.15, 0.2) is 4.34 Å². The van der Waals surface area contributed by atoms with Crippen LogP contribution in [0.3, 0.4) is 0 Å². The van der Waals surface area contributed by atoms with Gasteiger partial charge in [-0.25, -0.2) is 9.97 Å². The fourth-order valence-corrected chi connectivity index (χ4v) is 2.83. The van der Waals surface area contributed by atoms with Gasteiger partial charge in [0.25, 0.3) is 0 Å². The first kappa shape index (κ1) is 12.3. The van der Waals surface area contributed by atoms with Gasteiger partial charge in [-0.1, -0.05) is 22.9 Å². The van der Waals surface area contributed by atoms with Crippen LogP contribution in [0.2, 0.25) is 5.02 Å². The first-order valence-corrected chi connectivity index (χ1v) is 6.53. The second kappa shape index (κ2) is 5.03. The lowest BCUT2D eigenvalue weighted by atomic mass is 10.6. The number of rotatable bonds is 3. The van der Waals surface area contributed by atoms with Crippen molar-refractivity contribution < 1.29 is 0 Å². The normalized spacial score (nSPS) is 10.5. The summed E-state index contributed by atoms with van der Waals surface area (Å²) >= 11 is 8.77. The third-order valence-corrected chi connectivity index (χ3v) is 4.38. The molecule has 0 spiro atoms. The summed E-state index contributed by atoms with van der Waals surface area (Å²) in [6.45, 7) is 0. The van der Waals surface area contributed by atoms with Crippen molar-refractivity contribution in [3.05, 3.63) is 11.3 Å². The van der Waals surface area contributed by atoms with E-state index in [0.717, 1.165) is 9.47 Å². The number of halogens is 1. The summed E-state index contributed by atoms with van der Waals surface area (Å²) in [5, 5.41) is 9.81. The van der Waals surface area contributed by atoms with Crippen molar-refractivity contribution in [1.29, 1.82) is 0 Å². The number of hydrogen-bond acceptors (Lipinski definition) is 8. The van der Waals surface area contributed by atoms with Crippen LogP contribution < -0.4 is 10.6 Å². The van der Waals surface area contributed by atoms with Crippen LogP contribution in [0, 0.1) is 0 Å². The molecule has 17 heavy (non-hydrogen) atoms. The molecule has 0 saturated carbocycles. The van der Waals surface area contributed by atoms with Gasteiger partial charge < -0.3 is 10.6 Å². The fourth-order valence-electron chi connectivity index (χ4n) is 0.945. The second-order valence-electron chi connectivity index (χ2n) is 3.23. The maximum absolute atomic E-state index is 5.99. The lowest BCUT2D eigenvalue weighted by Crippen LogP contribution is -2.07. The van der Waals surface area contributed by atoms with Crippen LogP contribution in [-0.4, -0.2) is 34.3 Å². The SMILES string of the molecule is CN(C)c1nnc(Sc2ncnc(N)c2Cl)s1. The molecule has 0 aromatic carbocycles. The van der Waals surface area contributed by atoms with Crippen LogP contribution in [0.15, 0.2) is 15.7 Å². The minimum Gasteiger partial charge on any atom is -0.382 e. The summed E-state index contributed by atoms with van der Waals surface area (Å²) in [7, 11) is 3.81. The molecular formula is C8H9ClN6S2. The molecule has 0 radical (unpaired) electrons. The topological polar surface area (TPSA) is 80.8 Å². The van der Waals surface area contributed by atoms with Gasteiger partial charge in [-0.15, -0.1) is 10.2 Å². The Labute approximate surface area is 111 Å². The Balaban J connectivity index is 2.22. The molecule has 2 aromatic rings. The highest BCUT2D eigenvalue weighted by molar-refractivity contribution is 8.01. The zero-order chi connectivity index (χ0) is 12.4. The molecule has 9 heteroatoms. The van der Waals surface area contributed by atoms with Crippen molar-refractivity contribution in [2.45, 2.75) is 9.37 Å². The molecule has 2 aromatic heterocycles. The van der Waals surface area contributed by atoms with E-state index in [1.807, 2.05) is 19.0 Å². The monoisotopic (exact) mass is 288 g/mol. The molecule has 0 saturated heterocycles. The molecule has 0 amide bonds. The molecule has 0 aliphatic heterocycles. The minimum absolute atomic E-state index is 0.265. The Morgan fingerprint density at radius 1 is 1.35 bits per heavy atom. The Morgan fingerprint density at radius 2 is 2.12 bits per heavy atom. The van der Waals surface area contributed by atoms with E-state index in [2.05, 4.69) is 20.2 Å². The molecule has 0 fully saturated rings. The quantitative estimate of drug-likeness (QED) is 0.862. The van der Waals surface area contributed by atoms with Gasteiger partial charge in [0.05, 0.1) is 0 Å². The molecular weight excluding hydrogens is 280 g/mol. The van der Waals surface area contributed by atoms with E-state index >= 15 is 0 Å². The first-order chi connectivity index (χ1) is 8.08. The largest absolute Gasteiger partial charge is 0.382 e. The predicted octanol–water partition coefficient (Wildman–Crippen LogP) is 1.78. The zero-order valence-corrected chi connectivity index (χ0v) is 11.5. The summed E-state index contributed by atoms with van der Waals surface area (Å²) < 4.78 is 0.758. The zero-order valence-electron chi connectivity index (χ0n) is 9.09. The standard InChI is InChI=1S/C8H9ClN6S2/c1-15(2)7-13-14-8(17-7)16-6-4(9)5(10)11-3-12-6/h3H,1-2H3,(H2,10,11,12). The molecule has 0 aliphatic rings. The van der Waals surface area contributed by atoms with Crippen molar-refractivity contribution in [1.82, 2.24) is 20.2 Å². The number of anilines is 2. The van der Waals surface area contributed by atoms with Crippen LogP contribution >= 0.6 is 34.7 Å². The summed E-state index contributed by atoms with van der Waals surface area (Å²) in [5.74, 6) is 0.265. The van der Waals surface area contributed by atoms with Gasteiger partial charge in [-0.2, -0.15) is 0 Å². The van der Waals surface area contributed by atoms with Crippen LogP contribution in [0.25, 0.3) is 0 Å². The van der Waals surface area contributed by atoms with Gasteiger partial charge in [-0.05, 0) is 11.8 Å². The second-order valence-corrected chi connectivity index (χ2v) is 5.79. The van der Waals surface area contributed by atoms with Crippen LogP contribution in [-0.2, 0) is 0 Å². The highest BCUT2D eigenvalue weighted by Gasteiger charge is 2.12. The summed E-state index contributed by atoms with van der Waals surface area (Å²) in [5.41, 5.74) is 5.59. The number of aromatic nitrogens is 4. The van der Waals surface area contributed by atoms with Gasteiger partial charge in [0, 0.05) is 14.1 Å². The lowest BCUT2D eigenvalue weighted by Gasteiger charge is -2.04. The highest BCUT2D eigenvalue weighted by atomic mass is 35.5. The Morgan fingerprint density at radius 3 is 2.76 bits per heavy atom. The average Bonchev–Trinajstić information content (AvgIpc) is 2.73. The Hall–Kier alpha value is -1.12. The third kappa shape index (κ3) is 2.76. The fraction of sp³-hybridized carbons (Fsp3) is 0.250. The molecule has 0 bridgehead atoms. The van der Waals surface area contributed by atoms with Gasteiger partial charge >= 0.3 is 0 Å². The Kier molecular flexibility index (Phi) is 3.65. The molecule has 2 heterocycles. The van der Waals surface area contributed by atoms with Crippen molar-refractivity contribution in [2.75, 3.05) is 24.7 Å². The van der Waals surface area contributed by atoms with Gasteiger partial charge in [0.1, 0.15) is 22.2 Å². The van der Waals surface area contributed by atoms with E-state index in [4.69, 9.17) is 17.3 Å². The smallest absolute Gasteiger partial charge is 0.208 e. The lowest BCUT2D eigenvalue weighted by molar-refractivity contribution is 0.969. The highest BCUT2D eigenvalue weighted by Crippen LogP contribution is 2.36. The van der Waals surface area contributed by atoms with E-state index in [-0.39, 0.29) is 5.82 Å². The van der Waals surface area contributed by atoms with E-state index in [0.29, 0.717) is 10.0 Å². The first-order valence-electron chi connectivity index (χ1n) is 4.52. The van der Waals surface area contributed by atoms with Crippen molar-refractivity contribution in [3.63, 3.8) is 0 Å². The predicted molar refractivity (Wildman–Crippen MR) is 69.8 cm³/mol. The summed E-state index contributed by atoms with van der Waals surface area (Å²) in [6.07, 6.45) is 1.37. The molecule has 2 N–H and O–H groups in total. The summed E-state index contributed by atoms with van der Waals surface area (Å²) in [4.78, 5) is 9.74. The van der Waals surface area contributed by atoms with Crippen LogP contribution in [0.5, 0.6) is 0 Å². The van der Waals surface area contributed by atoms with Crippen molar-refractivity contribution >= 4 is 45.6 Å². The van der Waals surface area contributed by atoms with Gasteiger partial charge in [0.2, 0.25) is 5.13 Å². The minimum atomic E-state index is 0.265. The molecule has 6 nitrogen and oxygen atoms in total. The molecule has 2 rings (SSSR count). The third-order valence-electron chi connectivity index (χ3n) is 1.75. The van der Waals surface area contributed by atoms with E-state index in [9.17, 15) is 0 Å². The number of nitrogens with two attached hydrogens (primary N) is 1. The number of nitrogen functional groups attached to an aromatic ring is 1. The van der Waals surface area contributed by atoms with E-state index < -0.39 is 0 Å².